The van der Waals surface area contributed by atoms with E-state index in [1.165, 1.54) is 16.7 Å². The predicted molar refractivity (Wildman–Crippen MR) is 152 cm³/mol. The second-order valence-electron chi connectivity index (χ2n) is 9.23. The monoisotopic (exact) mass is 566 g/mol. The van der Waals surface area contributed by atoms with E-state index in [9.17, 15) is 22.4 Å². The van der Waals surface area contributed by atoms with E-state index in [1.807, 2.05) is 0 Å². The first-order chi connectivity index (χ1) is 19.7. The second kappa shape index (κ2) is 9.93. The average molecular weight is 567 g/mol. The average Bonchev–Trinajstić information content (AvgIpc) is 3.31. The standard InChI is InChI=1S/C30H19FN4O5S/c31-21-7-11-24(12-8-21)41(38,39)34-22-3-1-2-19(16-22)20-6-13-26-25(17-20)28-27(29(36)40-26)33-30(37)35(28)23-9-4-18(5-10-23)14-15-32/h1-13,16-17,34H,14H2,(H,33,37). The molecule has 11 heteroatoms. The predicted octanol–water partition coefficient (Wildman–Crippen LogP) is 5.10. The minimum absolute atomic E-state index is 0.00144. The van der Waals surface area contributed by atoms with Crippen LogP contribution in [0.1, 0.15) is 5.56 Å². The molecule has 0 atom stereocenters. The number of nitrogens with one attached hydrogen (secondary N) is 2. The van der Waals surface area contributed by atoms with Gasteiger partial charge in [0.05, 0.1) is 28.6 Å². The van der Waals surface area contributed by atoms with Gasteiger partial charge in [0.25, 0.3) is 10.0 Å². The van der Waals surface area contributed by atoms with Crippen molar-refractivity contribution in [2.45, 2.75) is 11.3 Å². The van der Waals surface area contributed by atoms with E-state index in [-0.39, 0.29) is 28.1 Å². The summed E-state index contributed by atoms with van der Waals surface area (Å²) in [6, 6.07) is 25.2. The molecular formula is C30H19FN4O5S. The third-order valence-corrected chi connectivity index (χ3v) is 7.98. The smallest absolute Gasteiger partial charge is 0.362 e. The number of hydrogen-bond donors (Lipinski definition) is 2. The molecule has 0 amide bonds. The SMILES string of the molecule is N#CCc1ccc(-n2c(=O)[nH]c3c(=O)oc4ccc(-c5cccc(NS(=O)(=O)c6ccc(F)cc6)c5)cc4c32)cc1. The van der Waals surface area contributed by atoms with Crippen LogP contribution in [0.3, 0.4) is 0 Å². The Bertz CT molecular complexity index is 2230. The maximum Gasteiger partial charge on any atom is 0.362 e. The summed E-state index contributed by atoms with van der Waals surface area (Å²) < 4.78 is 48.3. The zero-order valence-corrected chi connectivity index (χ0v) is 21.9. The molecule has 4 aromatic carbocycles. The Labute approximate surface area is 231 Å². The molecule has 6 rings (SSSR count). The van der Waals surface area contributed by atoms with E-state index >= 15 is 0 Å². The fourth-order valence-electron chi connectivity index (χ4n) is 4.66. The van der Waals surface area contributed by atoms with Crippen LogP contribution in [-0.2, 0) is 16.4 Å². The minimum atomic E-state index is -3.96. The highest BCUT2D eigenvalue weighted by Crippen LogP contribution is 2.30. The van der Waals surface area contributed by atoms with Crippen molar-refractivity contribution in [1.29, 1.82) is 5.26 Å². The third kappa shape index (κ3) is 4.77. The van der Waals surface area contributed by atoms with Gasteiger partial charge in [-0.25, -0.2) is 22.4 Å². The Hall–Kier alpha value is -5.47. The lowest BCUT2D eigenvalue weighted by atomic mass is 10.0. The molecule has 0 spiro atoms. The van der Waals surface area contributed by atoms with Crippen molar-refractivity contribution in [2.24, 2.45) is 0 Å². The number of halogens is 1. The van der Waals surface area contributed by atoms with E-state index in [1.54, 1.807) is 66.7 Å². The van der Waals surface area contributed by atoms with Gasteiger partial charge in [-0.2, -0.15) is 5.26 Å². The van der Waals surface area contributed by atoms with Gasteiger partial charge in [0.15, 0.2) is 5.52 Å². The quantitative estimate of drug-likeness (QED) is 0.269. The van der Waals surface area contributed by atoms with Crippen molar-refractivity contribution < 1.29 is 17.2 Å². The largest absolute Gasteiger partial charge is 0.421 e. The van der Waals surface area contributed by atoms with Gasteiger partial charge in [-0.1, -0.05) is 30.3 Å². The summed E-state index contributed by atoms with van der Waals surface area (Å²) in [6.07, 6.45) is 0.220. The molecule has 41 heavy (non-hydrogen) atoms. The lowest BCUT2D eigenvalue weighted by molar-refractivity contribution is 0.568. The molecule has 0 aliphatic heterocycles. The summed E-state index contributed by atoms with van der Waals surface area (Å²) in [5, 5.41) is 9.44. The normalized spacial score (nSPS) is 11.5. The van der Waals surface area contributed by atoms with Crippen LogP contribution in [0.25, 0.3) is 38.8 Å². The molecule has 0 aliphatic rings. The highest BCUT2D eigenvalue weighted by atomic mass is 32.2. The molecule has 0 bridgehead atoms. The molecule has 0 saturated heterocycles. The zero-order chi connectivity index (χ0) is 28.7. The summed E-state index contributed by atoms with van der Waals surface area (Å²) in [4.78, 5) is 28.2. The van der Waals surface area contributed by atoms with Crippen LogP contribution in [-0.4, -0.2) is 18.0 Å². The molecule has 0 saturated carbocycles. The molecule has 0 unspecified atom stereocenters. The Kier molecular flexibility index (Phi) is 6.25. The Morgan fingerprint density at radius 2 is 1.66 bits per heavy atom. The van der Waals surface area contributed by atoms with Crippen LogP contribution in [0.2, 0.25) is 0 Å². The molecule has 6 aromatic rings. The van der Waals surface area contributed by atoms with Crippen molar-refractivity contribution in [3.05, 3.63) is 123 Å². The van der Waals surface area contributed by atoms with Crippen molar-refractivity contribution in [3.63, 3.8) is 0 Å². The van der Waals surface area contributed by atoms with Gasteiger partial charge in [-0.15, -0.1) is 0 Å². The number of imidazole rings is 1. The lowest BCUT2D eigenvalue weighted by Crippen LogP contribution is -2.14. The van der Waals surface area contributed by atoms with Crippen LogP contribution in [0.4, 0.5) is 10.1 Å². The number of rotatable bonds is 6. The molecule has 9 nitrogen and oxygen atoms in total. The number of H-pyrrole nitrogens is 1. The van der Waals surface area contributed by atoms with Gasteiger partial charge in [-0.3, -0.25) is 14.3 Å². The molecule has 202 valence electrons. The maximum absolute atomic E-state index is 13.3. The number of fused-ring (bicyclic) bond motifs is 3. The van der Waals surface area contributed by atoms with Crippen LogP contribution < -0.4 is 16.0 Å². The molecule has 2 N–H and O–H groups in total. The van der Waals surface area contributed by atoms with E-state index in [4.69, 9.17) is 9.68 Å². The van der Waals surface area contributed by atoms with Crippen molar-refractivity contribution in [3.8, 4) is 22.9 Å². The zero-order valence-electron chi connectivity index (χ0n) is 21.1. The van der Waals surface area contributed by atoms with Crippen LogP contribution in [0.15, 0.2) is 110 Å². The highest BCUT2D eigenvalue weighted by molar-refractivity contribution is 7.92. The first-order valence-corrected chi connectivity index (χ1v) is 13.8. The number of nitriles is 1. The van der Waals surface area contributed by atoms with E-state index in [0.29, 0.717) is 27.7 Å². The van der Waals surface area contributed by atoms with E-state index in [2.05, 4.69) is 15.8 Å². The van der Waals surface area contributed by atoms with Crippen LogP contribution in [0, 0.1) is 17.1 Å². The summed E-state index contributed by atoms with van der Waals surface area (Å²) in [5.74, 6) is -0.545. The number of nitrogens with zero attached hydrogens (tertiary/aromatic N) is 2. The topological polar surface area (TPSA) is 138 Å². The third-order valence-electron chi connectivity index (χ3n) is 6.59. The summed E-state index contributed by atoms with van der Waals surface area (Å²) in [7, 11) is -3.96. The Morgan fingerprint density at radius 1 is 0.927 bits per heavy atom. The fourth-order valence-corrected chi connectivity index (χ4v) is 5.71. The summed E-state index contributed by atoms with van der Waals surface area (Å²) in [5.41, 5.74) is 2.23. The highest BCUT2D eigenvalue weighted by Gasteiger charge is 2.18. The number of benzene rings is 4. The number of anilines is 1. The minimum Gasteiger partial charge on any atom is -0.421 e. The van der Waals surface area contributed by atoms with Gasteiger partial charge in [-0.05, 0) is 77.4 Å². The first kappa shape index (κ1) is 25.8. The van der Waals surface area contributed by atoms with Gasteiger partial charge in [0, 0.05) is 11.1 Å². The molecule has 2 heterocycles. The van der Waals surface area contributed by atoms with E-state index < -0.39 is 27.2 Å². The first-order valence-electron chi connectivity index (χ1n) is 12.3. The lowest BCUT2D eigenvalue weighted by Gasteiger charge is -2.11. The van der Waals surface area contributed by atoms with Crippen molar-refractivity contribution >= 4 is 37.7 Å². The summed E-state index contributed by atoms with van der Waals surface area (Å²) in [6.45, 7) is 0. The molecule has 0 aliphatic carbocycles. The molecule has 0 radical (unpaired) electrons. The summed E-state index contributed by atoms with van der Waals surface area (Å²) >= 11 is 0. The van der Waals surface area contributed by atoms with Crippen molar-refractivity contribution in [1.82, 2.24) is 9.55 Å². The van der Waals surface area contributed by atoms with Gasteiger partial charge in [0.2, 0.25) is 0 Å². The second-order valence-corrected chi connectivity index (χ2v) is 10.9. The molecule has 2 aromatic heterocycles. The number of hydrogen-bond acceptors (Lipinski definition) is 6. The van der Waals surface area contributed by atoms with Crippen LogP contribution >= 0.6 is 0 Å². The number of aromatic amines is 1. The van der Waals surface area contributed by atoms with Crippen LogP contribution in [0.5, 0.6) is 0 Å². The number of aromatic nitrogens is 2. The van der Waals surface area contributed by atoms with Gasteiger partial charge in [0.1, 0.15) is 11.4 Å². The van der Waals surface area contributed by atoms with Gasteiger partial charge >= 0.3 is 11.3 Å². The van der Waals surface area contributed by atoms with E-state index in [0.717, 1.165) is 17.7 Å². The molecule has 0 fully saturated rings. The number of sulfonamides is 1. The maximum atomic E-state index is 13.3. The fraction of sp³-hybridized carbons (Fsp3) is 0.0333. The Balaban J connectivity index is 1.46. The molecular weight excluding hydrogens is 547 g/mol. The Morgan fingerprint density at radius 3 is 2.39 bits per heavy atom. The van der Waals surface area contributed by atoms with Crippen molar-refractivity contribution in [2.75, 3.05) is 4.72 Å². The van der Waals surface area contributed by atoms with Gasteiger partial charge < -0.3 is 4.42 Å².